The maximum absolute atomic E-state index is 11.8. The molecule has 33 heavy (non-hydrogen) atoms. The minimum absolute atomic E-state index is 0.307. The fraction of sp³-hybridized carbons (Fsp3) is 0.286. The van der Waals surface area contributed by atoms with E-state index in [1.165, 1.54) is 16.7 Å². The average Bonchev–Trinajstić information content (AvgIpc) is 3.42. The molecule has 0 amide bonds. The molecule has 1 N–H and O–H groups in total. The molecular formula is C28H28N4O. The van der Waals surface area contributed by atoms with E-state index in [9.17, 15) is 4.79 Å². The predicted molar refractivity (Wildman–Crippen MR) is 132 cm³/mol. The summed E-state index contributed by atoms with van der Waals surface area (Å²) in [6.07, 6.45) is 5.09. The lowest BCUT2D eigenvalue weighted by molar-refractivity contribution is -0.117. The number of aromatic amines is 1. The summed E-state index contributed by atoms with van der Waals surface area (Å²) in [5.74, 6) is 0.307. The normalized spacial score (nSPS) is 17.1. The van der Waals surface area contributed by atoms with Gasteiger partial charge in [-0.2, -0.15) is 0 Å². The van der Waals surface area contributed by atoms with Crippen molar-refractivity contribution in [3.63, 3.8) is 0 Å². The molecule has 6 rings (SSSR count). The Morgan fingerprint density at radius 1 is 0.879 bits per heavy atom. The molecule has 0 bridgehead atoms. The maximum Gasteiger partial charge on any atom is 0.141 e. The van der Waals surface area contributed by atoms with Crippen molar-refractivity contribution >= 4 is 16.8 Å². The molecule has 5 nitrogen and oxygen atoms in total. The number of hydrogen-bond acceptors (Lipinski definition) is 4. The first-order valence-electron chi connectivity index (χ1n) is 11.7. The first-order chi connectivity index (χ1) is 16.1. The molecule has 2 aromatic heterocycles. The Morgan fingerprint density at radius 2 is 1.64 bits per heavy atom. The molecule has 0 unspecified atom stereocenters. The third-order valence-electron chi connectivity index (χ3n) is 7.11. The van der Waals surface area contributed by atoms with E-state index >= 15 is 0 Å². The zero-order chi connectivity index (χ0) is 22.4. The number of fused-ring (bicyclic) bond motifs is 2. The maximum atomic E-state index is 11.8. The summed E-state index contributed by atoms with van der Waals surface area (Å²) < 4.78 is 0. The van der Waals surface area contributed by atoms with Gasteiger partial charge in [-0.05, 0) is 40.9 Å². The van der Waals surface area contributed by atoms with Gasteiger partial charge in [0.25, 0.3) is 0 Å². The summed E-state index contributed by atoms with van der Waals surface area (Å²) in [6.45, 7) is 5.55. The van der Waals surface area contributed by atoms with Crippen molar-refractivity contribution in [3.8, 4) is 22.3 Å². The highest BCUT2D eigenvalue weighted by molar-refractivity contribution is 5.96. The van der Waals surface area contributed by atoms with Gasteiger partial charge in [-0.25, -0.2) is 4.98 Å². The number of ketones is 1. The van der Waals surface area contributed by atoms with Gasteiger partial charge in [-0.3, -0.25) is 9.69 Å². The number of likely N-dealkylation sites (N-methyl/N-ethyl adjacent to an activating group) is 1. The minimum atomic E-state index is 0.307. The van der Waals surface area contributed by atoms with Crippen molar-refractivity contribution < 1.29 is 4.79 Å². The van der Waals surface area contributed by atoms with Crippen LogP contribution in [0.1, 0.15) is 16.7 Å². The lowest BCUT2D eigenvalue weighted by Crippen LogP contribution is -2.43. The van der Waals surface area contributed by atoms with Crippen LogP contribution < -0.4 is 0 Å². The molecule has 0 radical (unpaired) electrons. The number of nitrogens with zero attached hydrogens (tertiary/aromatic N) is 3. The van der Waals surface area contributed by atoms with Crippen LogP contribution in [0.4, 0.5) is 0 Å². The highest BCUT2D eigenvalue weighted by atomic mass is 16.1. The summed E-state index contributed by atoms with van der Waals surface area (Å²) >= 11 is 0. The standard InChI is InChI=1S/C28H28N4O/c1-31-8-10-32(11-9-31)18-19-2-4-20(5-3-19)24-15-26-27(17-30-28(26)29-16-24)22-7-6-21-13-25(33)14-23(21)12-22/h2-7,12,15-17H,8-11,13-14,18H2,1H3,(H,29,30). The van der Waals surface area contributed by atoms with Crippen molar-refractivity contribution in [3.05, 3.63) is 77.6 Å². The third-order valence-corrected chi connectivity index (χ3v) is 7.11. The highest BCUT2D eigenvalue weighted by Crippen LogP contribution is 2.33. The second-order valence-corrected chi connectivity index (χ2v) is 9.47. The van der Waals surface area contributed by atoms with Crippen LogP contribution in [0.25, 0.3) is 33.3 Å². The lowest BCUT2D eigenvalue weighted by Gasteiger charge is -2.32. The summed E-state index contributed by atoms with van der Waals surface area (Å²) in [6, 6.07) is 17.5. The molecule has 1 fully saturated rings. The molecule has 1 aliphatic heterocycles. The Hall–Kier alpha value is -3.28. The monoisotopic (exact) mass is 436 g/mol. The van der Waals surface area contributed by atoms with Crippen molar-refractivity contribution in [2.45, 2.75) is 19.4 Å². The Morgan fingerprint density at radius 3 is 2.45 bits per heavy atom. The Bertz CT molecular complexity index is 1330. The molecule has 0 saturated carbocycles. The van der Waals surface area contributed by atoms with E-state index < -0.39 is 0 Å². The van der Waals surface area contributed by atoms with E-state index in [1.807, 2.05) is 12.4 Å². The largest absolute Gasteiger partial charge is 0.346 e. The number of pyridine rings is 1. The van der Waals surface area contributed by atoms with Crippen LogP contribution in [0.2, 0.25) is 0 Å². The van der Waals surface area contributed by atoms with E-state index in [2.05, 4.69) is 75.3 Å². The van der Waals surface area contributed by atoms with Crippen LogP contribution >= 0.6 is 0 Å². The van der Waals surface area contributed by atoms with Gasteiger partial charge >= 0.3 is 0 Å². The Balaban J connectivity index is 1.26. The van der Waals surface area contributed by atoms with Crippen LogP contribution in [0.3, 0.4) is 0 Å². The van der Waals surface area contributed by atoms with Gasteiger partial charge in [0, 0.05) is 74.5 Å². The average molecular weight is 437 g/mol. The smallest absolute Gasteiger partial charge is 0.141 e. The number of rotatable bonds is 4. The molecule has 3 heterocycles. The van der Waals surface area contributed by atoms with Gasteiger partial charge < -0.3 is 9.88 Å². The number of nitrogens with one attached hydrogen (secondary N) is 1. The molecular weight excluding hydrogens is 408 g/mol. The molecule has 2 aliphatic rings. The van der Waals surface area contributed by atoms with Crippen molar-refractivity contribution in [1.29, 1.82) is 0 Å². The molecule has 0 atom stereocenters. The second-order valence-electron chi connectivity index (χ2n) is 9.47. The van der Waals surface area contributed by atoms with Gasteiger partial charge in [0.15, 0.2) is 0 Å². The van der Waals surface area contributed by atoms with Crippen LogP contribution in [-0.4, -0.2) is 58.8 Å². The SMILES string of the molecule is CN1CCN(Cc2ccc(-c3cnc4[nH]cc(-c5ccc6c(c5)CC(=O)C6)c4c3)cc2)CC1. The number of aromatic nitrogens is 2. The predicted octanol–water partition coefficient (Wildman–Crippen LogP) is 4.31. The number of carbonyl (C=O) groups excluding carboxylic acids is 1. The number of benzene rings is 2. The van der Waals surface area contributed by atoms with Crippen molar-refractivity contribution in [2.24, 2.45) is 0 Å². The molecule has 5 heteroatoms. The van der Waals surface area contributed by atoms with E-state index in [0.29, 0.717) is 18.6 Å². The summed E-state index contributed by atoms with van der Waals surface area (Å²) in [5.41, 5.74) is 9.13. The molecule has 0 spiro atoms. The van der Waals surface area contributed by atoms with Gasteiger partial charge in [-0.1, -0.05) is 42.5 Å². The lowest BCUT2D eigenvalue weighted by atomic mass is 9.99. The van der Waals surface area contributed by atoms with Crippen LogP contribution in [0.5, 0.6) is 0 Å². The first-order valence-corrected chi connectivity index (χ1v) is 11.7. The molecule has 4 aromatic rings. The number of carbonyl (C=O) groups is 1. The quantitative estimate of drug-likeness (QED) is 0.518. The molecule has 1 aliphatic carbocycles. The molecule has 166 valence electrons. The van der Waals surface area contributed by atoms with Gasteiger partial charge in [-0.15, -0.1) is 0 Å². The second kappa shape index (κ2) is 8.25. The number of H-pyrrole nitrogens is 1. The van der Waals surface area contributed by atoms with Crippen LogP contribution in [-0.2, 0) is 24.2 Å². The minimum Gasteiger partial charge on any atom is -0.346 e. The topological polar surface area (TPSA) is 52.2 Å². The number of hydrogen-bond donors (Lipinski definition) is 1. The fourth-order valence-corrected chi connectivity index (χ4v) is 5.08. The van der Waals surface area contributed by atoms with Crippen molar-refractivity contribution in [1.82, 2.24) is 19.8 Å². The van der Waals surface area contributed by atoms with E-state index in [4.69, 9.17) is 0 Å². The summed E-state index contributed by atoms with van der Waals surface area (Å²) in [7, 11) is 2.19. The van der Waals surface area contributed by atoms with Crippen LogP contribution in [0, 0.1) is 0 Å². The van der Waals surface area contributed by atoms with Gasteiger partial charge in [0.1, 0.15) is 11.4 Å². The number of Topliss-reactive ketones (excluding diaryl/α,β-unsaturated/α-hetero) is 1. The van der Waals surface area contributed by atoms with Crippen molar-refractivity contribution in [2.75, 3.05) is 33.2 Å². The summed E-state index contributed by atoms with van der Waals surface area (Å²) in [5, 5.41) is 1.11. The first kappa shape index (κ1) is 20.3. The van der Waals surface area contributed by atoms with E-state index in [1.54, 1.807) is 0 Å². The molecule has 1 saturated heterocycles. The van der Waals surface area contributed by atoms with E-state index in [0.717, 1.165) is 66.0 Å². The van der Waals surface area contributed by atoms with E-state index in [-0.39, 0.29) is 0 Å². The molecule has 2 aromatic carbocycles. The third kappa shape index (κ3) is 3.99. The highest BCUT2D eigenvalue weighted by Gasteiger charge is 2.19. The fourth-order valence-electron chi connectivity index (χ4n) is 5.08. The van der Waals surface area contributed by atoms with Crippen LogP contribution in [0.15, 0.2) is 60.9 Å². The Kier molecular flexibility index (Phi) is 5.08. The summed E-state index contributed by atoms with van der Waals surface area (Å²) in [4.78, 5) is 24.8. The Labute approximate surface area is 194 Å². The zero-order valence-electron chi connectivity index (χ0n) is 19.0. The zero-order valence-corrected chi connectivity index (χ0v) is 19.0. The number of piperazine rings is 1. The van der Waals surface area contributed by atoms with Gasteiger partial charge in [0.2, 0.25) is 0 Å². The van der Waals surface area contributed by atoms with Gasteiger partial charge in [0.05, 0.1) is 0 Å².